The summed E-state index contributed by atoms with van der Waals surface area (Å²) < 4.78 is 1.05. The van der Waals surface area contributed by atoms with E-state index in [1.54, 1.807) is 11.3 Å². The number of thiophene rings is 1. The van der Waals surface area contributed by atoms with Crippen molar-refractivity contribution in [2.75, 3.05) is 0 Å². The Morgan fingerprint density at radius 2 is 2.38 bits per heavy atom. The molecule has 0 spiro atoms. The lowest BCUT2D eigenvalue weighted by Crippen LogP contribution is -2.08. The highest BCUT2D eigenvalue weighted by Crippen LogP contribution is 2.38. The van der Waals surface area contributed by atoms with E-state index in [0.717, 1.165) is 34.4 Å². The minimum atomic E-state index is 0.762. The van der Waals surface area contributed by atoms with Crippen LogP contribution in [0.4, 0.5) is 0 Å². The first-order valence-electron chi connectivity index (χ1n) is 4.47. The maximum absolute atomic E-state index is 10.7. The third-order valence-corrected chi connectivity index (χ3v) is 4.96. The predicted octanol–water partition coefficient (Wildman–Crippen LogP) is 3.45. The van der Waals surface area contributed by atoms with Crippen molar-refractivity contribution in [2.24, 2.45) is 5.92 Å². The molecule has 70 valence electrons. The number of fused-ring (bicyclic) bond motifs is 1. The number of halogens is 1. The van der Waals surface area contributed by atoms with Gasteiger partial charge in [-0.2, -0.15) is 0 Å². The topological polar surface area (TPSA) is 17.1 Å². The maximum atomic E-state index is 10.7. The summed E-state index contributed by atoms with van der Waals surface area (Å²) in [5, 5.41) is 0. The van der Waals surface area contributed by atoms with Gasteiger partial charge in [-0.1, -0.05) is 6.92 Å². The van der Waals surface area contributed by atoms with Crippen LogP contribution in [-0.2, 0) is 12.8 Å². The predicted molar refractivity (Wildman–Crippen MR) is 58.6 cm³/mol. The van der Waals surface area contributed by atoms with Crippen LogP contribution in [-0.4, -0.2) is 6.29 Å². The number of aryl methyl sites for hydroxylation is 1. The zero-order valence-electron chi connectivity index (χ0n) is 7.47. The molecule has 1 aliphatic carbocycles. The monoisotopic (exact) mass is 258 g/mol. The molecule has 2 rings (SSSR count). The summed E-state index contributed by atoms with van der Waals surface area (Å²) in [6.07, 6.45) is 4.49. The summed E-state index contributed by atoms with van der Waals surface area (Å²) in [5.41, 5.74) is 1.38. The van der Waals surface area contributed by atoms with Crippen LogP contribution in [0.25, 0.3) is 0 Å². The average molecular weight is 259 g/mol. The second kappa shape index (κ2) is 3.54. The van der Waals surface area contributed by atoms with Crippen molar-refractivity contribution < 1.29 is 4.79 Å². The second-order valence-electron chi connectivity index (χ2n) is 3.65. The maximum Gasteiger partial charge on any atom is 0.161 e. The molecule has 0 fully saturated rings. The molecule has 0 amide bonds. The summed E-state index contributed by atoms with van der Waals surface area (Å²) in [4.78, 5) is 13.0. The minimum Gasteiger partial charge on any atom is -0.297 e. The second-order valence-corrected chi connectivity index (χ2v) is 5.58. The first-order valence-corrected chi connectivity index (χ1v) is 6.08. The molecule has 0 aliphatic heterocycles. The number of aldehydes is 1. The van der Waals surface area contributed by atoms with Gasteiger partial charge >= 0.3 is 0 Å². The van der Waals surface area contributed by atoms with Crippen molar-refractivity contribution in [1.82, 2.24) is 0 Å². The van der Waals surface area contributed by atoms with E-state index in [-0.39, 0.29) is 0 Å². The quantitative estimate of drug-likeness (QED) is 0.706. The molecule has 0 aromatic carbocycles. The highest BCUT2D eigenvalue weighted by atomic mass is 79.9. The Morgan fingerprint density at radius 1 is 1.62 bits per heavy atom. The molecule has 1 nitrogen and oxygen atoms in total. The van der Waals surface area contributed by atoms with Gasteiger partial charge in [0.25, 0.3) is 0 Å². The molecule has 0 saturated carbocycles. The molecular weight excluding hydrogens is 248 g/mol. The van der Waals surface area contributed by atoms with Crippen LogP contribution in [0.2, 0.25) is 0 Å². The molecule has 1 unspecified atom stereocenters. The summed E-state index contributed by atoms with van der Waals surface area (Å²) >= 11 is 5.15. The van der Waals surface area contributed by atoms with E-state index in [0.29, 0.717) is 0 Å². The van der Waals surface area contributed by atoms with Crippen molar-refractivity contribution >= 4 is 33.6 Å². The van der Waals surface area contributed by atoms with Gasteiger partial charge in [0.05, 0.1) is 4.88 Å². The van der Waals surface area contributed by atoms with E-state index in [1.807, 2.05) is 0 Å². The van der Waals surface area contributed by atoms with Crippen LogP contribution in [0, 0.1) is 5.92 Å². The fourth-order valence-corrected chi connectivity index (χ4v) is 3.74. The van der Waals surface area contributed by atoms with Crippen LogP contribution in [0.15, 0.2) is 4.47 Å². The fraction of sp³-hybridized carbons (Fsp3) is 0.500. The average Bonchev–Trinajstić information content (AvgIpc) is 2.44. The number of hydrogen-bond donors (Lipinski definition) is 0. The summed E-state index contributed by atoms with van der Waals surface area (Å²) in [6, 6.07) is 0. The lowest BCUT2D eigenvalue weighted by Gasteiger charge is -2.17. The Hall–Kier alpha value is -0.150. The highest BCUT2D eigenvalue weighted by Gasteiger charge is 2.22. The number of rotatable bonds is 1. The highest BCUT2D eigenvalue weighted by molar-refractivity contribution is 9.10. The lowest BCUT2D eigenvalue weighted by molar-refractivity contribution is 0.112. The van der Waals surface area contributed by atoms with Crippen LogP contribution in [0.5, 0.6) is 0 Å². The molecule has 0 bridgehead atoms. The van der Waals surface area contributed by atoms with Crippen LogP contribution >= 0.6 is 27.3 Å². The largest absolute Gasteiger partial charge is 0.297 e. The third kappa shape index (κ3) is 1.59. The van der Waals surface area contributed by atoms with Crippen molar-refractivity contribution in [3.8, 4) is 0 Å². The number of hydrogen-bond acceptors (Lipinski definition) is 2. The van der Waals surface area contributed by atoms with Gasteiger partial charge < -0.3 is 0 Å². The van der Waals surface area contributed by atoms with E-state index >= 15 is 0 Å². The van der Waals surface area contributed by atoms with Gasteiger partial charge in [-0.05, 0) is 46.7 Å². The smallest absolute Gasteiger partial charge is 0.161 e. The van der Waals surface area contributed by atoms with Gasteiger partial charge in [0.15, 0.2) is 6.29 Å². The van der Waals surface area contributed by atoms with Gasteiger partial charge in [0, 0.05) is 9.35 Å². The van der Waals surface area contributed by atoms with Crippen molar-refractivity contribution in [2.45, 2.75) is 26.2 Å². The Morgan fingerprint density at radius 3 is 3.08 bits per heavy atom. The van der Waals surface area contributed by atoms with E-state index in [2.05, 4.69) is 22.9 Å². The summed E-state index contributed by atoms with van der Waals surface area (Å²) in [7, 11) is 0. The molecular formula is C10H11BrOS. The van der Waals surface area contributed by atoms with E-state index in [4.69, 9.17) is 0 Å². The Kier molecular flexibility index (Phi) is 2.56. The summed E-state index contributed by atoms with van der Waals surface area (Å²) in [5.74, 6) is 0.762. The molecule has 13 heavy (non-hydrogen) atoms. The molecule has 0 saturated heterocycles. The van der Waals surface area contributed by atoms with Gasteiger partial charge in [-0.25, -0.2) is 0 Å². The molecule has 1 heterocycles. The Balaban J connectivity index is 2.45. The van der Waals surface area contributed by atoms with Crippen LogP contribution in [0.3, 0.4) is 0 Å². The molecule has 0 radical (unpaired) electrons. The fourth-order valence-electron chi connectivity index (χ4n) is 1.82. The molecule has 1 aromatic heterocycles. The van der Waals surface area contributed by atoms with Crippen LogP contribution < -0.4 is 0 Å². The van der Waals surface area contributed by atoms with E-state index in [1.165, 1.54) is 16.9 Å². The Bertz CT molecular complexity index is 343. The first kappa shape index (κ1) is 9.41. The molecule has 1 aromatic rings. The van der Waals surface area contributed by atoms with E-state index < -0.39 is 0 Å². The molecule has 3 heteroatoms. The van der Waals surface area contributed by atoms with Crippen LogP contribution in [0.1, 0.15) is 33.5 Å². The van der Waals surface area contributed by atoms with Crippen molar-refractivity contribution in [1.29, 1.82) is 0 Å². The molecule has 1 atom stereocenters. The van der Waals surface area contributed by atoms with Gasteiger partial charge in [-0.15, -0.1) is 11.3 Å². The zero-order chi connectivity index (χ0) is 9.42. The van der Waals surface area contributed by atoms with Gasteiger partial charge in [0.2, 0.25) is 0 Å². The van der Waals surface area contributed by atoms with Gasteiger partial charge in [0.1, 0.15) is 0 Å². The number of carbonyl (C=O) groups is 1. The SMILES string of the molecule is CC1CCc2sc(C=O)c(Br)c2C1. The minimum absolute atomic E-state index is 0.762. The molecule has 1 aliphatic rings. The normalized spacial score (nSPS) is 21.2. The van der Waals surface area contributed by atoms with E-state index in [9.17, 15) is 4.79 Å². The standard InChI is InChI=1S/C10H11BrOS/c1-6-2-3-8-7(4-6)10(11)9(5-12)13-8/h5-6H,2-4H2,1H3. The Labute approximate surface area is 90.3 Å². The third-order valence-electron chi connectivity index (χ3n) is 2.57. The first-order chi connectivity index (χ1) is 6.22. The molecule has 0 N–H and O–H groups in total. The van der Waals surface area contributed by atoms with Crippen molar-refractivity contribution in [3.63, 3.8) is 0 Å². The van der Waals surface area contributed by atoms with Gasteiger partial charge in [-0.3, -0.25) is 4.79 Å². The number of carbonyl (C=O) groups excluding carboxylic acids is 1. The zero-order valence-corrected chi connectivity index (χ0v) is 9.87. The lowest BCUT2D eigenvalue weighted by atomic mass is 9.90. The van der Waals surface area contributed by atoms with Crippen molar-refractivity contribution in [3.05, 3.63) is 19.8 Å². The summed E-state index contributed by atoms with van der Waals surface area (Å²) in [6.45, 7) is 2.27.